The van der Waals surface area contributed by atoms with Gasteiger partial charge in [0.05, 0.1) is 16.5 Å². The number of alkyl halides is 1. The predicted octanol–water partition coefficient (Wildman–Crippen LogP) is 3.54. The molecule has 21 heavy (non-hydrogen) atoms. The first-order valence-electron chi connectivity index (χ1n) is 6.80. The minimum atomic E-state index is -0.824. The van der Waals surface area contributed by atoms with Crippen molar-refractivity contribution in [2.24, 2.45) is 0 Å². The van der Waals surface area contributed by atoms with Gasteiger partial charge in [-0.25, -0.2) is 4.98 Å². The van der Waals surface area contributed by atoms with Gasteiger partial charge in [-0.05, 0) is 32.4 Å². The molecule has 3 unspecified atom stereocenters. The molecule has 0 bridgehead atoms. The first-order valence-corrected chi connectivity index (χ1v) is 8.97. The minimum Gasteiger partial charge on any atom is -0.324 e. The molecule has 2 rings (SSSR count). The summed E-state index contributed by atoms with van der Waals surface area (Å²) in [6, 6.07) is 7.86. The van der Waals surface area contributed by atoms with Crippen molar-refractivity contribution >= 4 is 33.4 Å². The summed E-state index contributed by atoms with van der Waals surface area (Å²) in [6.45, 7) is 3.94. The topological polar surface area (TPSA) is 58.7 Å². The van der Waals surface area contributed by atoms with Gasteiger partial charge in [0, 0.05) is 28.9 Å². The summed E-state index contributed by atoms with van der Waals surface area (Å²) in [5.41, 5.74) is 2.15. The average Bonchev–Trinajstić information content (AvgIpc) is 2.84. The van der Waals surface area contributed by atoms with Gasteiger partial charge in [-0.15, -0.1) is 11.6 Å². The van der Waals surface area contributed by atoms with Crippen LogP contribution in [0.2, 0.25) is 0 Å². The lowest BCUT2D eigenvalue weighted by atomic mass is 10.2. The van der Waals surface area contributed by atoms with E-state index in [0.717, 1.165) is 17.8 Å². The fraction of sp³-hybridized carbons (Fsp3) is 0.467. The molecule has 112 valence electrons. The number of aromatic nitrogens is 2. The Morgan fingerprint density at radius 1 is 1.48 bits per heavy atom. The lowest BCUT2D eigenvalue weighted by molar-refractivity contribution is 0.523. The van der Waals surface area contributed by atoms with Gasteiger partial charge in [-0.1, -0.05) is 6.07 Å². The Morgan fingerprint density at radius 3 is 2.76 bits per heavy atom. The van der Waals surface area contributed by atoms with Gasteiger partial charge in [-0.2, -0.15) is 5.26 Å². The SMILES string of the molecule is CC(Cl)c1nc2c(C#N)cccc2n1C(C)CCS(C)=O. The minimum absolute atomic E-state index is 0.129. The molecule has 3 atom stereocenters. The van der Waals surface area contributed by atoms with E-state index in [1.807, 2.05) is 19.1 Å². The number of nitrogens with zero attached hydrogens (tertiary/aromatic N) is 3. The molecule has 0 saturated heterocycles. The van der Waals surface area contributed by atoms with Crippen LogP contribution in [-0.4, -0.2) is 25.8 Å². The summed E-state index contributed by atoms with van der Waals surface area (Å²) >= 11 is 6.26. The van der Waals surface area contributed by atoms with Gasteiger partial charge in [0.15, 0.2) is 0 Å². The van der Waals surface area contributed by atoms with Gasteiger partial charge in [0.1, 0.15) is 17.4 Å². The molecule has 0 aliphatic carbocycles. The number of benzene rings is 1. The molecule has 6 heteroatoms. The Bertz CT molecular complexity index is 718. The third kappa shape index (κ3) is 3.28. The molecule has 0 N–H and O–H groups in total. The maximum absolute atomic E-state index is 11.3. The van der Waals surface area contributed by atoms with Crippen molar-refractivity contribution in [3.8, 4) is 6.07 Å². The van der Waals surface area contributed by atoms with Gasteiger partial charge in [-0.3, -0.25) is 4.21 Å². The standard InChI is InChI=1S/C15H18ClN3OS/c1-10(7-8-21(3)20)19-13-6-4-5-12(9-17)14(13)18-15(19)11(2)16/h4-6,10-11H,7-8H2,1-3H3. The van der Waals surface area contributed by atoms with E-state index in [0.29, 0.717) is 16.8 Å². The fourth-order valence-electron chi connectivity index (χ4n) is 2.43. The molecule has 0 spiro atoms. The number of para-hydroxylation sites is 1. The number of imidazole rings is 1. The summed E-state index contributed by atoms with van der Waals surface area (Å²) in [5, 5.41) is 8.97. The van der Waals surface area contributed by atoms with Crippen molar-refractivity contribution in [3.05, 3.63) is 29.6 Å². The molecule has 1 heterocycles. The molecule has 1 aromatic heterocycles. The third-order valence-corrected chi connectivity index (χ3v) is 4.49. The van der Waals surface area contributed by atoms with Crippen molar-refractivity contribution in [2.75, 3.05) is 12.0 Å². The number of rotatable bonds is 5. The molecular weight excluding hydrogens is 306 g/mol. The fourth-order valence-corrected chi connectivity index (χ4v) is 3.26. The molecule has 1 aromatic carbocycles. The zero-order valence-corrected chi connectivity index (χ0v) is 13.9. The maximum atomic E-state index is 11.3. The molecule has 0 aliphatic heterocycles. The number of hydrogen-bond acceptors (Lipinski definition) is 3. The predicted molar refractivity (Wildman–Crippen MR) is 87.0 cm³/mol. The first-order chi connectivity index (χ1) is 9.95. The van der Waals surface area contributed by atoms with E-state index in [2.05, 4.69) is 22.5 Å². The third-order valence-electron chi connectivity index (χ3n) is 3.49. The second-order valence-corrected chi connectivity index (χ2v) is 7.37. The van der Waals surface area contributed by atoms with Crippen LogP contribution in [0.3, 0.4) is 0 Å². The van der Waals surface area contributed by atoms with E-state index in [4.69, 9.17) is 11.6 Å². The lowest BCUT2D eigenvalue weighted by Crippen LogP contribution is -2.12. The van der Waals surface area contributed by atoms with Crippen LogP contribution in [0, 0.1) is 11.3 Å². The van der Waals surface area contributed by atoms with Crippen LogP contribution in [-0.2, 0) is 10.8 Å². The largest absolute Gasteiger partial charge is 0.324 e. The normalized spacial score (nSPS) is 15.6. The zero-order chi connectivity index (χ0) is 15.6. The molecule has 0 radical (unpaired) electrons. The number of hydrogen-bond donors (Lipinski definition) is 0. The molecule has 0 saturated carbocycles. The Kier molecular flexibility index (Phi) is 5.02. The number of nitriles is 1. The highest BCUT2D eigenvalue weighted by atomic mass is 35.5. The smallest absolute Gasteiger partial charge is 0.128 e. The molecule has 0 amide bonds. The van der Waals surface area contributed by atoms with E-state index < -0.39 is 10.8 Å². The van der Waals surface area contributed by atoms with Crippen LogP contribution in [0.4, 0.5) is 0 Å². The van der Waals surface area contributed by atoms with E-state index in [9.17, 15) is 9.47 Å². The Balaban J connectivity index is 2.57. The summed E-state index contributed by atoms with van der Waals surface area (Å²) in [7, 11) is -0.824. The highest BCUT2D eigenvalue weighted by Crippen LogP contribution is 2.30. The molecular formula is C15H18ClN3OS. The summed E-state index contributed by atoms with van der Waals surface area (Å²) < 4.78 is 13.4. The summed E-state index contributed by atoms with van der Waals surface area (Å²) in [6.07, 6.45) is 2.49. The second kappa shape index (κ2) is 6.59. The van der Waals surface area contributed by atoms with Crippen LogP contribution >= 0.6 is 11.6 Å². The Hall–Kier alpha value is -1.38. The van der Waals surface area contributed by atoms with Crippen molar-refractivity contribution in [3.63, 3.8) is 0 Å². The zero-order valence-electron chi connectivity index (χ0n) is 12.3. The Labute approximate surface area is 132 Å². The van der Waals surface area contributed by atoms with Crippen molar-refractivity contribution < 1.29 is 4.21 Å². The van der Waals surface area contributed by atoms with Gasteiger partial charge in [0.25, 0.3) is 0 Å². The second-order valence-electron chi connectivity index (χ2n) is 5.16. The maximum Gasteiger partial charge on any atom is 0.128 e. The first kappa shape index (κ1) is 16.0. The number of fused-ring (bicyclic) bond motifs is 1. The highest BCUT2D eigenvalue weighted by molar-refractivity contribution is 7.84. The van der Waals surface area contributed by atoms with Crippen LogP contribution < -0.4 is 0 Å². The van der Waals surface area contributed by atoms with E-state index in [-0.39, 0.29) is 11.4 Å². The summed E-state index contributed by atoms with van der Waals surface area (Å²) in [4.78, 5) is 4.56. The van der Waals surface area contributed by atoms with Crippen LogP contribution in [0.15, 0.2) is 18.2 Å². The van der Waals surface area contributed by atoms with Crippen LogP contribution in [0.1, 0.15) is 43.1 Å². The van der Waals surface area contributed by atoms with E-state index >= 15 is 0 Å². The molecule has 0 aliphatic rings. The van der Waals surface area contributed by atoms with Crippen molar-refractivity contribution in [2.45, 2.75) is 31.7 Å². The van der Waals surface area contributed by atoms with Crippen LogP contribution in [0.25, 0.3) is 11.0 Å². The molecule has 0 fully saturated rings. The van der Waals surface area contributed by atoms with Crippen molar-refractivity contribution in [1.29, 1.82) is 5.26 Å². The van der Waals surface area contributed by atoms with Crippen molar-refractivity contribution in [1.82, 2.24) is 9.55 Å². The average molecular weight is 324 g/mol. The Morgan fingerprint density at radius 2 is 2.19 bits per heavy atom. The lowest BCUT2D eigenvalue weighted by Gasteiger charge is -2.18. The van der Waals surface area contributed by atoms with E-state index in [1.165, 1.54) is 0 Å². The van der Waals surface area contributed by atoms with Gasteiger partial charge >= 0.3 is 0 Å². The molecule has 4 nitrogen and oxygen atoms in total. The highest BCUT2D eigenvalue weighted by Gasteiger charge is 2.20. The quantitative estimate of drug-likeness (QED) is 0.791. The molecule has 2 aromatic rings. The summed E-state index contributed by atoms with van der Waals surface area (Å²) in [5.74, 6) is 1.39. The van der Waals surface area contributed by atoms with Crippen LogP contribution in [0.5, 0.6) is 0 Å². The number of halogens is 1. The van der Waals surface area contributed by atoms with Gasteiger partial charge < -0.3 is 4.57 Å². The van der Waals surface area contributed by atoms with E-state index in [1.54, 1.807) is 12.3 Å². The van der Waals surface area contributed by atoms with Gasteiger partial charge in [0.2, 0.25) is 0 Å². The monoisotopic (exact) mass is 323 g/mol.